The largest absolute Gasteiger partial charge is 0.443 e. The van der Waals surface area contributed by atoms with Crippen LogP contribution in [0.25, 0.3) is 0 Å². The molecule has 4 rings (SSSR count). The molecule has 2 aromatic heterocycles. The highest BCUT2D eigenvalue weighted by molar-refractivity contribution is 5.92. The summed E-state index contributed by atoms with van der Waals surface area (Å²) in [6.45, 7) is 0.466. The number of H-pyrrole nitrogens is 2. The molecule has 0 bridgehead atoms. The molecule has 1 fully saturated rings. The molecule has 1 aliphatic heterocycles. The van der Waals surface area contributed by atoms with Crippen molar-refractivity contribution in [2.24, 2.45) is 0 Å². The van der Waals surface area contributed by atoms with E-state index in [-0.39, 0.29) is 17.6 Å². The summed E-state index contributed by atoms with van der Waals surface area (Å²) in [6.07, 6.45) is 4.42. The minimum absolute atomic E-state index is 0.0660. The first-order valence-electron chi connectivity index (χ1n) is 9.33. The van der Waals surface area contributed by atoms with Crippen molar-refractivity contribution >= 4 is 5.91 Å². The molecule has 8 nitrogen and oxygen atoms in total. The maximum Gasteiger partial charge on any atom is 0.326 e. The number of aromatic amines is 2. The summed E-state index contributed by atoms with van der Waals surface area (Å²) in [4.78, 5) is 46.3. The van der Waals surface area contributed by atoms with Crippen LogP contribution >= 0.6 is 0 Å². The molecule has 2 N–H and O–H groups in total. The van der Waals surface area contributed by atoms with Gasteiger partial charge in [-0.25, -0.2) is 14.2 Å². The zero-order chi connectivity index (χ0) is 20.4. The highest BCUT2D eigenvalue weighted by Crippen LogP contribution is 2.31. The summed E-state index contributed by atoms with van der Waals surface area (Å²) >= 11 is 0. The van der Waals surface area contributed by atoms with Gasteiger partial charge >= 0.3 is 5.69 Å². The number of benzene rings is 1. The zero-order valence-electron chi connectivity index (χ0n) is 15.5. The van der Waals surface area contributed by atoms with Gasteiger partial charge in [-0.3, -0.25) is 14.6 Å². The molecule has 1 aromatic carbocycles. The van der Waals surface area contributed by atoms with Crippen molar-refractivity contribution in [1.82, 2.24) is 19.9 Å². The Morgan fingerprint density at radius 1 is 1.21 bits per heavy atom. The van der Waals surface area contributed by atoms with Gasteiger partial charge in [0.2, 0.25) is 5.89 Å². The van der Waals surface area contributed by atoms with Crippen molar-refractivity contribution in [3.8, 4) is 0 Å². The van der Waals surface area contributed by atoms with E-state index in [4.69, 9.17) is 4.42 Å². The number of carbonyl (C=O) groups is 1. The lowest BCUT2D eigenvalue weighted by atomic mass is 10.0. The molecule has 0 aliphatic carbocycles. The van der Waals surface area contributed by atoms with Gasteiger partial charge in [-0.1, -0.05) is 12.1 Å². The van der Waals surface area contributed by atoms with Gasteiger partial charge in [-0.15, -0.1) is 0 Å². The number of hydrogen-bond acceptors (Lipinski definition) is 5. The Balaban J connectivity index is 1.57. The second kappa shape index (κ2) is 7.86. The molecular weight excluding hydrogens is 379 g/mol. The van der Waals surface area contributed by atoms with Crippen LogP contribution in [-0.2, 0) is 6.42 Å². The smallest absolute Gasteiger partial charge is 0.326 e. The van der Waals surface area contributed by atoms with Crippen LogP contribution in [0.3, 0.4) is 0 Å². The summed E-state index contributed by atoms with van der Waals surface area (Å²) in [5, 5.41) is 0. The second-order valence-corrected chi connectivity index (χ2v) is 6.98. The van der Waals surface area contributed by atoms with E-state index in [1.165, 1.54) is 12.1 Å². The molecule has 1 atom stereocenters. The van der Waals surface area contributed by atoms with Crippen molar-refractivity contribution in [2.75, 3.05) is 6.54 Å². The van der Waals surface area contributed by atoms with Crippen molar-refractivity contribution in [2.45, 2.75) is 31.7 Å². The standard InChI is InChI=1S/C20H19FN4O4/c21-13-6-4-12(5-7-13)9-14-11-22-18(29-14)16-3-1-2-8-25(16)19(27)15-10-17(26)24-20(28)23-15/h4-7,10-11,16H,1-3,8-9H2,(H2,23,24,26,28)/t16-/m0/s1. The fourth-order valence-corrected chi connectivity index (χ4v) is 3.53. The number of piperidine rings is 1. The normalized spacial score (nSPS) is 16.7. The molecule has 1 aliphatic rings. The fourth-order valence-electron chi connectivity index (χ4n) is 3.53. The van der Waals surface area contributed by atoms with Crippen molar-refractivity contribution in [3.05, 3.63) is 86.1 Å². The van der Waals surface area contributed by atoms with Crippen LogP contribution in [0.2, 0.25) is 0 Å². The lowest BCUT2D eigenvalue weighted by Gasteiger charge is -2.33. The monoisotopic (exact) mass is 398 g/mol. The van der Waals surface area contributed by atoms with Gasteiger partial charge in [0.1, 0.15) is 23.3 Å². The van der Waals surface area contributed by atoms with E-state index in [0.29, 0.717) is 31.0 Å². The quantitative estimate of drug-likeness (QED) is 0.699. The number of carbonyl (C=O) groups excluding carboxylic acids is 1. The van der Waals surface area contributed by atoms with Gasteiger partial charge in [-0.05, 0) is 37.0 Å². The van der Waals surface area contributed by atoms with Gasteiger partial charge in [0.25, 0.3) is 11.5 Å². The van der Waals surface area contributed by atoms with Crippen LogP contribution < -0.4 is 11.2 Å². The summed E-state index contributed by atoms with van der Waals surface area (Å²) in [6, 6.07) is 6.81. The molecule has 0 unspecified atom stereocenters. The molecule has 1 amide bonds. The van der Waals surface area contributed by atoms with Crippen LogP contribution in [0.15, 0.2) is 50.5 Å². The Hall–Kier alpha value is -3.49. The van der Waals surface area contributed by atoms with Crippen molar-refractivity contribution in [3.63, 3.8) is 0 Å². The maximum absolute atomic E-state index is 13.1. The minimum atomic E-state index is -0.730. The number of aromatic nitrogens is 3. The van der Waals surface area contributed by atoms with E-state index in [1.807, 2.05) is 4.98 Å². The van der Waals surface area contributed by atoms with Gasteiger partial charge in [0.15, 0.2) is 0 Å². The SMILES string of the molecule is O=C(c1cc(=O)[nH]c(=O)[nH]1)N1CCCC[C@H]1c1ncc(Cc2ccc(F)cc2)o1. The van der Waals surface area contributed by atoms with Crippen LogP contribution in [0, 0.1) is 5.82 Å². The predicted octanol–water partition coefficient (Wildman–Crippen LogP) is 2.15. The predicted molar refractivity (Wildman–Crippen MR) is 101 cm³/mol. The Labute approximate surface area is 164 Å². The third-order valence-electron chi connectivity index (χ3n) is 4.90. The molecule has 0 spiro atoms. The highest BCUT2D eigenvalue weighted by Gasteiger charge is 2.32. The number of amides is 1. The van der Waals surface area contributed by atoms with Crippen LogP contribution in [0.1, 0.15) is 53.0 Å². The molecule has 1 saturated heterocycles. The number of likely N-dealkylation sites (tertiary alicyclic amines) is 1. The van der Waals surface area contributed by atoms with Crippen LogP contribution in [0.4, 0.5) is 4.39 Å². The Morgan fingerprint density at radius 2 is 2.00 bits per heavy atom. The van der Waals surface area contributed by atoms with E-state index >= 15 is 0 Å². The maximum atomic E-state index is 13.1. The van der Waals surface area contributed by atoms with Crippen LogP contribution in [0.5, 0.6) is 0 Å². The lowest BCUT2D eigenvalue weighted by Crippen LogP contribution is -2.40. The fraction of sp³-hybridized carbons (Fsp3) is 0.300. The van der Waals surface area contributed by atoms with Crippen molar-refractivity contribution < 1.29 is 13.6 Å². The molecule has 0 saturated carbocycles. The third kappa shape index (κ3) is 4.18. The number of nitrogens with one attached hydrogen (secondary N) is 2. The molecule has 150 valence electrons. The topological polar surface area (TPSA) is 112 Å². The second-order valence-electron chi connectivity index (χ2n) is 6.98. The Kier molecular flexibility index (Phi) is 5.11. The van der Waals surface area contributed by atoms with E-state index in [0.717, 1.165) is 24.5 Å². The third-order valence-corrected chi connectivity index (χ3v) is 4.90. The molecule has 3 aromatic rings. The van der Waals surface area contributed by atoms with E-state index in [9.17, 15) is 18.8 Å². The Bertz CT molecular complexity index is 1100. The molecule has 3 heterocycles. The molecule has 9 heteroatoms. The first-order valence-corrected chi connectivity index (χ1v) is 9.33. The van der Waals surface area contributed by atoms with Gasteiger partial charge in [-0.2, -0.15) is 0 Å². The lowest BCUT2D eigenvalue weighted by molar-refractivity contribution is 0.0563. The number of nitrogens with zero attached hydrogens (tertiary/aromatic N) is 2. The number of oxazole rings is 1. The average molecular weight is 398 g/mol. The van der Waals surface area contributed by atoms with Crippen molar-refractivity contribution in [1.29, 1.82) is 0 Å². The van der Waals surface area contributed by atoms with Gasteiger partial charge in [0, 0.05) is 19.0 Å². The van der Waals surface area contributed by atoms with Gasteiger partial charge in [0.05, 0.1) is 6.20 Å². The number of hydrogen-bond donors (Lipinski definition) is 2. The van der Waals surface area contributed by atoms with Crippen LogP contribution in [-0.4, -0.2) is 32.3 Å². The summed E-state index contributed by atoms with van der Waals surface area (Å²) in [5.74, 6) is 0.258. The van der Waals surface area contributed by atoms with E-state index in [1.54, 1.807) is 23.2 Å². The number of rotatable bonds is 4. The summed E-state index contributed by atoms with van der Waals surface area (Å²) in [7, 11) is 0. The highest BCUT2D eigenvalue weighted by atomic mass is 19.1. The minimum Gasteiger partial charge on any atom is -0.443 e. The first kappa shape index (κ1) is 18.9. The molecule has 29 heavy (non-hydrogen) atoms. The number of halogens is 1. The molecular formula is C20H19FN4O4. The zero-order valence-corrected chi connectivity index (χ0v) is 15.5. The van der Waals surface area contributed by atoms with Gasteiger partial charge < -0.3 is 14.3 Å². The Morgan fingerprint density at radius 3 is 2.76 bits per heavy atom. The molecule has 0 radical (unpaired) electrons. The first-order chi connectivity index (χ1) is 14.0. The average Bonchev–Trinajstić information content (AvgIpc) is 3.17. The van der Waals surface area contributed by atoms with E-state index < -0.39 is 17.2 Å². The summed E-state index contributed by atoms with van der Waals surface area (Å²) in [5.41, 5.74) is -0.550. The van der Waals surface area contributed by atoms with E-state index in [2.05, 4.69) is 9.97 Å². The summed E-state index contributed by atoms with van der Waals surface area (Å²) < 4.78 is 18.9.